The lowest BCUT2D eigenvalue weighted by molar-refractivity contribution is -0.143. The van der Waals surface area contributed by atoms with Crippen LogP contribution in [0.2, 0.25) is 0 Å². The average molecular weight is 323 g/mol. The van der Waals surface area contributed by atoms with E-state index >= 15 is 0 Å². The molecule has 130 valence electrons. The Morgan fingerprint density at radius 2 is 2.00 bits per heavy atom. The number of rotatable bonds is 7. The maximum absolute atomic E-state index is 12.4. The summed E-state index contributed by atoms with van der Waals surface area (Å²) in [5.41, 5.74) is 0. The Bertz CT molecular complexity index is 342. The molecule has 0 radical (unpaired) electrons. The molecule has 5 nitrogen and oxygen atoms in total. The number of nitrogens with zero attached hydrogens (tertiary/aromatic N) is 3. The molecule has 0 aromatic heterocycles. The summed E-state index contributed by atoms with van der Waals surface area (Å²) in [6.07, 6.45) is -3.43. The molecule has 22 heavy (non-hydrogen) atoms. The van der Waals surface area contributed by atoms with E-state index in [2.05, 4.69) is 34.4 Å². The molecule has 8 heteroatoms. The smallest absolute Gasteiger partial charge is 0.355 e. The largest absolute Gasteiger partial charge is 0.401 e. The molecule has 0 amide bonds. The second kappa shape index (κ2) is 9.19. The molecular formula is C14H28F3N5. The molecule has 0 aromatic rings. The first-order valence-corrected chi connectivity index (χ1v) is 7.86. The van der Waals surface area contributed by atoms with Crippen LogP contribution < -0.4 is 10.6 Å². The number of nitrogens with one attached hydrogen (secondary N) is 2. The zero-order chi connectivity index (χ0) is 16.6. The van der Waals surface area contributed by atoms with E-state index in [1.54, 1.807) is 7.05 Å². The van der Waals surface area contributed by atoms with Crippen LogP contribution in [-0.4, -0.2) is 80.8 Å². The average Bonchev–Trinajstić information content (AvgIpc) is 2.87. The lowest BCUT2D eigenvalue weighted by Crippen LogP contribution is -2.47. The maximum Gasteiger partial charge on any atom is 0.401 e. The van der Waals surface area contributed by atoms with Crippen molar-refractivity contribution in [1.82, 2.24) is 20.4 Å². The van der Waals surface area contributed by atoms with Gasteiger partial charge in [-0.3, -0.25) is 9.89 Å². The molecular weight excluding hydrogens is 295 g/mol. The Morgan fingerprint density at radius 1 is 1.32 bits per heavy atom. The van der Waals surface area contributed by atoms with Crippen molar-refractivity contribution in [3.8, 4) is 0 Å². The summed E-state index contributed by atoms with van der Waals surface area (Å²) in [5.74, 6) is 0.658. The molecule has 1 aliphatic rings. The van der Waals surface area contributed by atoms with E-state index < -0.39 is 12.7 Å². The van der Waals surface area contributed by atoms with Crippen LogP contribution in [0.1, 0.15) is 20.3 Å². The third-order valence-electron chi connectivity index (χ3n) is 3.85. The topological polar surface area (TPSA) is 42.9 Å². The van der Waals surface area contributed by atoms with Crippen molar-refractivity contribution in [2.45, 2.75) is 32.5 Å². The van der Waals surface area contributed by atoms with E-state index in [4.69, 9.17) is 0 Å². The van der Waals surface area contributed by atoms with Crippen LogP contribution in [0.5, 0.6) is 0 Å². The Balaban J connectivity index is 2.29. The van der Waals surface area contributed by atoms with Gasteiger partial charge in [0.1, 0.15) is 0 Å². The van der Waals surface area contributed by atoms with E-state index in [9.17, 15) is 13.2 Å². The minimum absolute atomic E-state index is 0.0157. The molecule has 1 atom stereocenters. The molecule has 2 N–H and O–H groups in total. The van der Waals surface area contributed by atoms with Gasteiger partial charge >= 0.3 is 6.18 Å². The van der Waals surface area contributed by atoms with Gasteiger partial charge in [-0.2, -0.15) is 13.2 Å². The van der Waals surface area contributed by atoms with Gasteiger partial charge in [0, 0.05) is 39.3 Å². The first kappa shape index (κ1) is 19.0. The fourth-order valence-corrected chi connectivity index (χ4v) is 2.61. The van der Waals surface area contributed by atoms with Gasteiger partial charge in [-0.05, 0) is 19.5 Å². The van der Waals surface area contributed by atoms with Gasteiger partial charge in [0.15, 0.2) is 5.96 Å². The third kappa shape index (κ3) is 7.31. The summed E-state index contributed by atoms with van der Waals surface area (Å²) in [7, 11) is 1.68. The normalized spacial score (nSPS) is 20.7. The van der Waals surface area contributed by atoms with Crippen molar-refractivity contribution < 1.29 is 13.2 Å². The van der Waals surface area contributed by atoms with E-state index in [0.717, 1.165) is 26.2 Å². The van der Waals surface area contributed by atoms with Gasteiger partial charge in [-0.15, -0.1) is 0 Å². The highest BCUT2D eigenvalue weighted by molar-refractivity contribution is 5.80. The molecule has 0 bridgehead atoms. The van der Waals surface area contributed by atoms with Gasteiger partial charge in [0.05, 0.1) is 6.54 Å². The Morgan fingerprint density at radius 3 is 2.55 bits per heavy atom. The predicted molar refractivity (Wildman–Crippen MR) is 83.2 cm³/mol. The summed E-state index contributed by atoms with van der Waals surface area (Å²) in [5, 5.41) is 6.42. The predicted octanol–water partition coefficient (Wildman–Crippen LogP) is 1.13. The van der Waals surface area contributed by atoms with Gasteiger partial charge in [-0.25, -0.2) is 0 Å². The van der Waals surface area contributed by atoms with Gasteiger partial charge < -0.3 is 15.5 Å². The molecule has 1 heterocycles. The molecule has 0 spiro atoms. The van der Waals surface area contributed by atoms with Crippen molar-refractivity contribution in [1.29, 1.82) is 0 Å². The standard InChI is InChI=1S/C14H28F3N5/c1-4-21(5-2)9-7-19-13(18-3)20-12-6-8-22(10-12)11-14(15,16)17/h12H,4-11H2,1-3H3,(H2,18,19,20). The number of likely N-dealkylation sites (tertiary alicyclic amines) is 1. The Kier molecular flexibility index (Phi) is 7.95. The fraction of sp³-hybridized carbons (Fsp3) is 0.929. The second-order valence-corrected chi connectivity index (χ2v) is 5.51. The molecule has 0 aliphatic carbocycles. The number of alkyl halides is 3. The number of hydrogen-bond donors (Lipinski definition) is 2. The van der Waals surface area contributed by atoms with Crippen molar-refractivity contribution >= 4 is 5.96 Å². The van der Waals surface area contributed by atoms with Crippen LogP contribution in [0.3, 0.4) is 0 Å². The minimum atomic E-state index is -4.13. The van der Waals surface area contributed by atoms with E-state index in [1.807, 2.05) is 0 Å². The van der Waals surface area contributed by atoms with Crippen LogP contribution in [0.4, 0.5) is 13.2 Å². The molecule has 1 unspecified atom stereocenters. The number of hydrogen-bond acceptors (Lipinski definition) is 3. The minimum Gasteiger partial charge on any atom is -0.355 e. The van der Waals surface area contributed by atoms with Crippen LogP contribution in [0.25, 0.3) is 0 Å². The van der Waals surface area contributed by atoms with E-state index in [-0.39, 0.29) is 6.04 Å². The zero-order valence-corrected chi connectivity index (χ0v) is 13.7. The zero-order valence-electron chi connectivity index (χ0n) is 13.7. The quantitative estimate of drug-likeness (QED) is 0.544. The number of likely N-dealkylation sites (N-methyl/N-ethyl adjacent to an activating group) is 1. The monoisotopic (exact) mass is 323 g/mol. The summed E-state index contributed by atoms with van der Waals surface area (Å²) in [4.78, 5) is 7.86. The first-order valence-electron chi connectivity index (χ1n) is 7.86. The summed E-state index contributed by atoms with van der Waals surface area (Å²) < 4.78 is 37.1. The SMILES string of the molecule is CCN(CC)CCNC(=NC)NC1CCN(CC(F)(F)F)C1. The van der Waals surface area contributed by atoms with Crippen LogP contribution in [0.15, 0.2) is 4.99 Å². The van der Waals surface area contributed by atoms with Gasteiger partial charge in [-0.1, -0.05) is 13.8 Å². The Labute approximate surface area is 130 Å². The first-order chi connectivity index (χ1) is 10.4. The number of guanidine groups is 1. The van der Waals surface area contributed by atoms with Crippen LogP contribution in [0, 0.1) is 0 Å². The third-order valence-corrected chi connectivity index (χ3v) is 3.85. The summed E-state index contributed by atoms with van der Waals surface area (Å²) in [6, 6.07) is 0.0157. The molecule has 1 rings (SSSR count). The lowest BCUT2D eigenvalue weighted by Gasteiger charge is -2.21. The molecule has 1 fully saturated rings. The molecule has 0 saturated carbocycles. The summed E-state index contributed by atoms with van der Waals surface area (Å²) >= 11 is 0. The van der Waals surface area contributed by atoms with E-state index in [1.165, 1.54) is 4.90 Å². The highest BCUT2D eigenvalue weighted by atomic mass is 19.4. The van der Waals surface area contributed by atoms with Crippen molar-refractivity contribution in [3.05, 3.63) is 0 Å². The Hall–Kier alpha value is -1.02. The van der Waals surface area contributed by atoms with E-state index in [0.29, 0.717) is 25.5 Å². The van der Waals surface area contributed by atoms with Gasteiger partial charge in [0.25, 0.3) is 0 Å². The van der Waals surface area contributed by atoms with Gasteiger partial charge in [0.2, 0.25) is 0 Å². The molecule has 1 aliphatic heterocycles. The van der Waals surface area contributed by atoms with Crippen molar-refractivity contribution in [2.24, 2.45) is 4.99 Å². The highest BCUT2D eigenvalue weighted by Gasteiger charge is 2.34. The fourth-order valence-electron chi connectivity index (χ4n) is 2.61. The number of aliphatic imine (C=N–C) groups is 1. The van der Waals surface area contributed by atoms with Crippen LogP contribution in [-0.2, 0) is 0 Å². The lowest BCUT2D eigenvalue weighted by atomic mass is 10.3. The van der Waals surface area contributed by atoms with Crippen molar-refractivity contribution in [3.63, 3.8) is 0 Å². The number of halogens is 3. The van der Waals surface area contributed by atoms with Crippen LogP contribution >= 0.6 is 0 Å². The second-order valence-electron chi connectivity index (χ2n) is 5.51. The highest BCUT2D eigenvalue weighted by Crippen LogP contribution is 2.19. The van der Waals surface area contributed by atoms with Crippen molar-refractivity contribution in [2.75, 3.05) is 52.9 Å². The summed E-state index contributed by atoms with van der Waals surface area (Å²) in [6.45, 7) is 7.94. The molecule has 1 saturated heterocycles. The molecule has 0 aromatic carbocycles. The maximum atomic E-state index is 12.4.